The molecule has 0 radical (unpaired) electrons. The van der Waals surface area contributed by atoms with Crippen LogP contribution in [0, 0.1) is 0 Å². The zero-order valence-corrected chi connectivity index (χ0v) is 15.7. The molecule has 0 fully saturated rings. The molecule has 1 aliphatic heterocycles. The minimum absolute atomic E-state index is 0.0491. The summed E-state index contributed by atoms with van der Waals surface area (Å²) in [7, 11) is 3.12. The van der Waals surface area contributed by atoms with Crippen molar-refractivity contribution in [3.8, 4) is 5.75 Å². The van der Waals surface area contributed by atoms with Crippen molar-refractivity contribution < 1.29 is 19.1 Å². The molecule has 0 aliphatic carbocycles. The van der Waals surface area contributed by atoms with E-state index >= 15 is 0 Å². The van der Waals surface area contributed by atoms with Crippen molar-refractivity contribution >= 4 is 23.2 Å². The standard InChI is InChI=1S/C21H24N2O4/c1-26-14-21(25)23-11-3-4-16-7-8-17(13-19(16)23)22-20(24)12-15-5-9-18(27-2)10-6-15/h5-10,13H,3-4,11-12,14H2,1-2H3,(H,22,24). The number of rotatable bonds is 6. The average molecular weight is 368 g/mol. The van der Waals surface area contributed by atoms with Crippen LogP contribution in [0.25, 0.3) is 0 Å². The Kier molecular flexibility index (Phi) is 6.08. The average Bonchev–Trinajstić information content (AvgIpc) is 2.68. The first kappa shape index (κ1) is 18.9. The van der Waals surface area contributed by atoms with Gasteiger partial charge < -0.3 is 19.7 Å². The van der Waals surface area contributed by atoms with Gasteiger partial charge in [0.25, 0.3) is 5.91 Å². The lowest BCUT2D eigenvalue weighted by Gasteiger charge is -2.29. The van der Waals surface area contributed by atoms with Crippen molar-refractivity contribution in [2.24, 2.45) is 0 Å². The highest BCUT2D eigenvalue weighted by Crippen LogP contribution is 2.30. The number of amides is 2. The van der Waals surface area contributed by atoms with Crippen molar-refractivity contribution in [3.63, 3.8) is 0 Å². The van der Waals surface area contributed by atoms with Gasteiger partial charge in [-0.05, 0) is 48.2 Å². The molecule has 3 rings (SSSR count). The van der Waals surface area contributed by atoms with Gasteiger partial charge in [-0.1, -0.05) is 18.2 Å². The number of methoxy groups -OCH3 is 2. The lowest BCUT2D eigenvalue weighted by molar-refractivity contribution is -0.122. The molecule has 6 nitrogen and oxygen atoms in total. The van der Waals surface area contributed by atoms with E-state index in [1.807, 2.05) is 42.5 Å². The zero-order chi connectivity index (χ0) is 19.2. The van der Waals surface area contributed by atoms with Crippen LogP contribution in [0.4, 0.5) is 11.4 Å². The van der Waals surface area contributed by atoms with Gasteiger partial charge >= 0.3 is 0 Å². The van der Waals surface area contributed by atoms with E-state index in [0.717, 1.165) is 35.4 Å². The zero-order valence-electron chi connectivity index (χ0n) is 15.7. The van der Waals surface area contributed by atoms with Gasteiger partial charge in [0.15, 0.2) is 0 Å². The molecule has 2 aromatic rings. The van der Waals surface area contributed by atoms with Crippen LogP contribution in [0.1, 0.15) is 17.5 Å². The van der Waals surface area contributed by atoms with Crippen LogP contribution in [0.15, 0.2) is 42.5 Å². The summed E-state index contributed by atoms with van der Waals surface area (Å²) in [4.78, 5) is 26.4. The highest BCUT2D eigenvalue weighted by Gasteiger charge is 2.22. The Morgan fingerprint density at radius 1 is 1.11 bits per heavy atom. The topological polar surface area (TPSA) is 67.9 Å². The summed E-state index contributed by atoms with van der Waals surface area (Å²) in [5, 5.41) is 2.92. The largest absolute Gasteiger partial charge is 0.497 e. The second-order valence-corrected chi connectivity index (χ2v) is 6.50. The van der Waals surface area contributed by atoms with Crippen LogP contribution in [0.2, 0.25) is 0 Å². The normalized spacial score (nSPS) is 13.0. The Bertz CT molecular complexity index is 817. The third-order valence-corrected chi connectivity index (χ3v) is 4.58. The lowest BCUT2D eigenvalue weighted by Crippen LogP contribution is -2.37. The van der Waals surface area contributed by atoms with Gasteiger partial charge in [-0.3, -0.25) is 9.59 Å². The van der Waals surface area contributed by atoms with Crippen molar-refractivity contribution in [2.75, 3.05) is 37.6 Å². The predicted molar refractivity (Wildman–Crippen MR) is 104 cm³/mol. The Labute approximate surface area is 159 Å². The summed E-state index contributed by atoms with van der Waals surface area (Å²) in [5.41, 5.74) is 3.55. The van der Waals surface area contributed by atoms with E-state index in [2.05, 4.69) is 5.32 Å². The van der Waals surface area contributed by atoms with E-state index in [1.165, 1.54) is 7.11 Å². The van der Waals surface area contributed by atoms with Gasteiger partial charge in [0.05, 0.1) is 13.5 Å². The van der Waals surface area contributed by atoms with Gasteiger partial charge in [-0.2, -0.15) is 0 Å². The number of hydrogen-bond acceptors (Lipinski definition) is 4. The molecule has 142 valence electrons. The quantitative estimate of drug-likeness (QED) is 0.851. The maximum Gasteiger partial charge on any atom is 0.252 e. The summed E-state index contributed by atoms with van der Waals surface area (Å²) in [6, 6.07) is 13.1. The smallest absolute Gasteiger partial charge is 0.252 e. The third kappa shape index (κ3) is 4.65. The first-order valence-electron chi connectivity index (χ1n) is 8.95. The van der Waals surface area contributed by atoms with Gasteiger partial charge in [0.1, 0.15) is 12.4 Å². The van der Waals surface area contributed by atoms with Crippen LogP contribution in [-0.2, 0) is 27.2 Å². The number of anilines is 2. The summed E-state index contributed by atoms with van der Waals surface area (Å²) in [6.07, 6.45) is 2.12. The molecule has 0 saturated carbocycles. The molecule has 6 heteroatoms. The number of carbonyl (C=O) groups excluding carboxylic acids is 2. The number of carbonyl (C=O) groups is 2. The Morgan fingerprint density at radius 2 is 1.89 bits per heavy atom. The maximum atomic E-state index is 12.4. The highest BCUT2D eigenvalue weighted by molar-refractivity contribution is 5.97. The third-order valence-electron chi connectivity index (χ3n) is 4.58. The molecule has 0 bridgehead atoms. The van der Waals surface area contributed by atoms with Crippen molar-refractivity contribution in [1.29, 1.82) is 0 Å². The second-order valence-electron chi connectivity index (χ2n) is 6.50. The van der Waals surface area contributed by atoms with E-state index < -0.39 is 0 Å². The number of nitrogens with zero attached hydrogens (tertiary/aromatic N) is 1. The number of aryl methyl sites for hydroxylation is 1. The minimum atomic E-state index is -0.106. The Hall–Kier alpha value is -2.86. The fourth-order valence-corrected chi connectivity index (χ4v) is 3.25. The van der Waals surface area contributed by atoms with Gasteiger partial charge in [0.2, 0.25) is 5.91 Å². The van der Waals surface area contributed by atoms with Crippen LogP contribution < -0.4 is 15.0 Å². The predicted octanol–water partition coefficient (Wildman–Crippen LogP) is 2.80. The van der Waals surface area contributed by atoms with Crippen LogP contribution in [0.5, 0.6) is 5.75 Å². The number of hydrogen-bond donors (Lipinski definition) is 1. The van der Waals surface area contributed by atoms with E-state index in [4.69, 9.17) is 9.47 Å². The van der Waals surface area contributed by atoms with Crippen LogP contribution in [-0.4, -0.2) is 39.2 Å². The van der Waals surface area contributed by atoms with Crippen LogP contribution in [0.3, 0.4) is 0 Å². The molecule has 1 aliphatic rings. The molecule has 0 spiro atoms. The summed E-state index contributed by atoms with van der Waals surface area (Å²) < 4.78 is 10.1. The monoisotopic (exact) mass is 368 g/mol. The maximum absolute atomic E-state index is 12.4. The number of ether oxygens (including phenoxy) is 2. The van der Waals surface area contributed by atoms with E-state index in [9.17, 15) is 9.59 Å². The van der Waals surface area contributed by atoms with E-state index in [-0.39, 0.29) is 24.8 Å². The first-order valence-corrected chi connectivity index (χ1v) is 8.95. The van der Waals surface area contributed by atoms with Crippen molar-refractivity contribution in [2.45, 2.75) is 19.3 Å². The molecule has 0 saturated heterocycles. The van der Waals surface area contributed by atoms with Gasteiger partial charge in [0, 0.05) is 25.0 Å². The molecule has 1 N–H and O–H groups in total. The summed E-state index contributed by atoms with van der Waals surface area (Å²) >= 11 is 0. The van der Waals surface area contributed by atoms with Gasteiger partial charge in [-0.15, -0.1) is 0 Å². The molecule has 2 aromatic carbocycles. The molecular formula is C21H24N2O4. The molecule has 0 unspecified atom stereocenters. The molecule has 2 amide bonds. The van der Waals surface area contributed by atoms with E-state index in [1.54, 1.807) is 12.0 Å². The second kappa shape index (κ2) is 8.68. The fraction of sp³-hybridized carbons (Fsp3) is 0.333. The number of nitrogens with one attached hydrogen (secondary N) is 1. The molecule has 0 atom stereocenters. The molecule has 27 heavy (non-hydrogen) atoms. The summed E-state index contributed by atoms with van der Waals surface area (Å²) in [5.74, 6) is 0.584. The van der Waals surface area contributed by atoms with Gasteiger partial charge in [-0.25, -0.2) is 0 Å². The molecule has 0 aromatic heterocycles. The van der Waals surface area contributed by atoms with Crippen molar-refractivity contribution in [1.82, 2.24) is 0 Å². The first-order chi connectivity index (χ1) is 13.1. The highest BCUT2D eigenvalue weighted by atomic mass is 16.5. The summed E-state index contributed by atoms with van der Waals surface area (Å²) in [6.45, 7) is 0.714. The lowest BCUT2D eigenvalue weighted by atomic mass is 10.0. The SMILES string of the molecule is COCC(=O)N1CCCc2ccc(NC(=O)Cc3ccc(OC)cc3)cc21. The number of fused-ring (bicyclic) bond motifs is 1. The van der Waals surface area contributed by atoms with E-state index in [0.29, 0.717) is 12.2 Å². The Morgan fingerprint density at radius 3 is 2.59 bits per heavy atom. The molecular weight excluding hydrogens is 344 g/mol. The Balaban J connectivity index is 1.70. The van der Waals surface area contributed by atoms with Crippen LogP contribution >= 0.6 is 0 Å². The van der Waals surface area contributed by atoms with Crippen molar-refractivity contribution in [3.05, 3.63) is 53.6 Å². The minimum Gasteiger partial charge on any atom is -0.497 e. The molecule has 1 heterocycles. The number of benzene rings is 2. The fourth-order valence-electron chi connectivity index (χ4n) is 3.25.